The van der Waals surface area contributed by atoms with Crippen LogP contribution in [-0.4, -0.2) is 28.6 Å². The summed E-state index contributed by atoms with van der Waals surface area (Å²) in [5.74, 6) is 1.95. The van der Waals surface area contributed by atoms with Gasteiger partial charge in [-0.25, -0.2) is 4.98 Å². The fourth-order valence-corrected chi connectivity index (χ4v) is 3.81. The Morgan fingerprint density at radius 2 is 2.00 bits per heavy atom. The predicted molar refractivity (Wildman–Crippen MR) is 131 cm³/mol. The van der Waals surface area contributed by atoms with Crippen LogP contribution in [0.5, 0.6) is 5.75 Å². The maximum absolute atomic E-state index is 11.5. The number of halogens is 1. The average Bonchev–Trinajstić information content (AvgIpc) is 3.13. The summed E-state index contributed by atoms with van der Waals surface area (Å²) in [6.07, 6.45) is 8.20. The minimum Gasteiger partial charge on any atom is -0.494 e. The van der Waals surface area contributed by atoms with Crippen molar-refractivity contribution < 1.29 is 9.53 Å². The number of ether oxygens (including phenoxy) is 1. The van der Waals surface area contributed by atoms with E-state index < -0.39 is 0 Å². The molecular formula is C26H32ClN3O2. The Morgan fingerprint density at radius 3 is 2.81 bits per heavy atom. The van der Waals surface area contributed by atoms with Crippen LogP contribution in [0.25, 0.3) is 11.0 Å². The Balaban J connectivity index is 1.51. The molecule has 5 nitrogen and oxygen atoms in total. The summed E-state index contributed by atoms with van der Waals surface area (Å²) in [6.45, 7) is 6.04. The number of nitrogens with zero attached hydrogens (tertiary/aromatic N) is 2. The number of allylic oxidation sites excluding steroid dienone is 1. The Bertz CT molecular complexity index is 1060. The molecule has 0 fully saturated rings. The largest absolute Gasteiger partial charge is 0.494 e. The number of aryl methyl sites for hydroxylation is 3. The number of aromatic nitrogens is 2. The summed E-state index contributed by atoms with van der Waals surface area (Å²) >= 11 is 6.09. The van der Waals surface area contributed by atoms with Gasteiger partial charge in [0.2, 0.25) is 5.91 Å². The number of rotatable bonds is 12. The third-order valence-electron chi connectivity index (χ3n) is 5.35. The van der Waals surface area contributed by atoms with Crippen LogP contribution in [0.2, 0.25) is 5.02 Å². The maximum atomic E-state index is 11.5. The van der Waals surface area contributed by atoms with E-state index in [0.717, 1.165) is 66.3 Å². The zero-order valence-electron chi connectivity index (χ0n) is 18.9. The van der Waals surface area contributed by atoms with E-state index in [1.54, 1.807) is 12.2 Å². The van der Waals surface area contributed by atoms with Crippen LogP contribution >= 0.6 is 11.6 Å². The highest BCUT2D eigenvalue weighted by molar-refractivity contribution is 6.31. The van der Waals surface area contributed by atoms with Gasteiger partial charge in [0.15, 0.2) is 0 Å². The Kier molecular flexibility index (Phi) is 9.17. The molecule has 3 rings (SSSR count). The highest BCUT2D eigenvalue weighted by Gasteiger charge is 2.10. The van der Waals surface area contributed by atoms with Gasteiger partial charge in [-0.05, 0) is 75.1 Å². The lowest BCUT2D eigenvalue weighted by atomic mass is 10.2. The van der Waals surface area contributed by atoms with Gasteiger partial charge < -0.3 is 14.6 Å². The van der Waals surface area contributed by atoms with Gasteiger partial charge in [-0.2, -0.15) is 0 Å². The first-order valence-electron chi connectivity index (χ1n) is 11.3. The lowest BCUT2D eigenvalue weighted by molar-refractivity contribution is -0.116. The third kappa shape index (κ3) is 6.86. The monoisotopic (exact) mass is 453 g/mol. The van der Waals surface area contributed by atoms with Crippen molar-refractivity contribution in [3.05, 3.63) is 71.0 Å². The molecule has 1 heterocycles. The van der Waals surface area contributed by atoms with Crippen molar-refractivity contribution in [3.63, 3.8) is 0 Å². The molecule has 32 heavy (non-hydrogen) atoms. The minimum absolute atomic E-state index is 0.0229. The molecule has 3 aromatic rings. The number of carbonyl (C=O) groups is 1. The first kappa shape index (κ1) is 23.9. The van der Waals surface area contributed by atoms with Gasteiger partial charge in [0.1, 0.15) is 11.6 Å². The molecule has 1 N–H and O–H groups in total. The molecule has 6 heteroatoms. The summed E-state index contributed by atoms with van der Waals surface area (Å²) in [7, 11) is 0. The number of carbonyl (C=O) groups excluding carboxylic acids is 1. The minimum atomic E-state index is -0.0229. The maximum Gasteiger partial charge on any atom is 0.243 e. The number of fused-ring (bicyclic) bond motifs is 1. The van der Waals surface area contributed by atoms with Crippen LogP contribution < -0.4 is 10.1 Å². The first-order chi connectivity index (χ1) is 15.6. The molecule has 0 aliphatic carbocycles. The Morgan fingerprint density at radius 1 is 1.16 bits per heavy atom. The molecule has 2 aromatic carbocycles. The van der Waals surface area contributed by atoms with Crippen molar-refractivity contribution in [3.8, 4) is 5.75 Å². The zero-order chi connectivity index (χ0) is 22.8. The van der Waals surface area contributed by atoms with E-state index in [9.17, 15) is 4.79 Å². The number of imidazole rings is 1. The molecule has 0 saturated heterocycles. The van der Waals surface area contributed by atoms with E-state index in [-0.39, 0.29) is 5.91 Å². The number of nitrogens with one attached hydrogen (secondary N) is 1. The lowest BCUT2D eigenvalue weighted by Gasteiger charge is -2.11. The standard InChI is InChI=1S/C26H32ClN3O2/c1-3-10-26(31)28-16-8-4-5-13-25-29-23-11-6-7-12-24(23)30(25)17-9-18-32-21-14-15-22(27)20(2)19-21/h3,6-7,10-12,14-15,19H,4-5,8-9,13,16-18H2,1-2H3,(H,28,31)/b10-3+. The van der Waals surface area contributed by atoms with Gasteiger partial charge in [-0.3, -0.25) is 4.79 Å². The second kappa shape index (κ2) is 12.3. The number of para-hydroxylation sites is 2. The van der Waals surface area contributed by atoms with Crippen LogP contribution in [0.3, 0.4) is 0 Å². The summed E-state index contributed by atoms with van der Waals surface area (Å²) < 4.78 is 8.24. The van der Waals surface area contributed by atoms with Crippen molar-refractivity contribution >= 4 is 28.5 Å². The molecule has 0 bridgehead atoms. The van der Waals surface area contributed by atoms with Crippen LogP contribution in [0, 0.1) is 6.92 Å². The van der Waals surface area contributed by atoms with Gasteiger partial charge in [0.05, 0.1) is 17.6 Å². The molecule has 170 valence electrons. The SMILES string of the molecule is C/C=C/C(=O)NCCCCCc1nc2ccccc2n1CCCOc1ccc(Cl)c(C)c1. The van der Waals surface area contributed by atoms with Gasteiger partial charge >= 0.3 is 0 Å². The van der Waals surface area contributed by atoms with Crippen LogP contribution in [0.15, 0.2) is 54.6 Å². The van der Waals surface area contributed by atoms with Crippen molar-refractivity contribution in [2.45, 2.75) is 52.5 Å². The average molecular weight is 454 g/mol. The van der Waals surface area contributed by atoms with Crippen molar-refractivity contribution in [2.24, 2.45) is 0 Å². The second-order valence-electron chi connectivity index (χ2n) is 7.88. The van der Waals surface area contributed by atoms with Gasteiger partial charge in [-0.15, -0.1) is 0 Å². The first-order valence-corrected chi connectivity index (χ1v) is 11.7. The van der Waals surface area contributed by atoms with E-state index in [2.05, 4.69) is 28.1 Å². The number of hydrogen-bond acceptors (Lipinski definition) is 3. The summed E-state index contributed by atoms with van der Waals surface area (Å²) in [6, 6.07) is 14.0. The third-order valence-corrected chi connectivity index (χ3v) is 5.78. The number of amides is 1. The smallest absolute Gasteiger partial charge is 0.243 e. The molecule has 0 aliphatic rings. The highest BCUT2D eigenvalue weighted by atomic mass is 35.5. The Labute approximate surface area is 195 Å². The molecular weight excluding hydrogens is 422 g/mol. The van der Waals surface area contributed by atoms with E-state index in [0.29, 0.717) is 13.2 Å². The van der Waals surface area contributed by atoms with Crippen LogP contribution in [-0.2, 0) is 17.8 Å². The molecule has 0 aliphatic heterocycles. The van der Waals surface area contributed by atoms with E-state index in [4.69, 9.17) is 21.3 Å². The second-order valence-corrected chi connectivity index (χ2v) is 8.29. The molecule has 0 spiro atoms. The number of benzene rings is 2. The Hall–Kier alpha value is -2.79. The summed E-state index contributed by atoms with van der Waals surface area (Å²) in [4.78, 5) is 16.3. The van der Waals surface area contributed by atoms with Crippen molar-refractivity contribution in [1.29, 1.82) is 0 Å². The molecule has 1 aromatic heterocycles. The molecule has 1 amide bonds. The molecule has 0 unspecified atom stereocenters. The molecule has 0 atom stereocenters. The van der Waals surface area contributed by atoms with E-state index >= 15 is 0 Å². The fraction of sp³-hybridized carbons (Fsp3) is 0.385. The number of unbranched alkanes of at least 4 members (excludes halogenated alkanes) is 2. The molecule has 0 saturated carbocycles. The van der Waals surface area contributed by atoms with Crippen molar-refractivity contribution in [2.75, 3.05) is 13.2 Å². The van der Waals surface area contributed by atoms with E-state index in [1.807, 2.05) is 38.1 Å². The summed E-state index contributed by atoms with van der Waals surface area (Å²) in [5.41, 5.74) is 3.23. The quantitative estimate of drug-likeness (QED) is 0.275. The van der Waals surface area contributed by atoms with Crippen molar-refractivity contribution in [1.82, 2.24) is 14.9 Å². The zero-order valence-corrected chi connectivity index (χ0v) is 19.7. The molecule has 0 radical (unpaired) electrons. The number of hydrogen-bond donors (Lipinski definition) is 1. The van der Waals surface area contributed by atoms with E-state index in [1.165, 1.54) is 5.52 Å². The normalized spacial score (nSPS) is 11.3. The summed E-state index contributed by atoms with van der Waals surface area (Å²) in [5, 5.41) is 3.66. The van der Waals surface area contributed by atoms with Gasteiger partial charge in [-0.1, -0.05) is 36.2 Å². The van der Waals surface area contributed by atoms with Crippen LogP contribution in [0.4, 0.5) is 0 Å². The topological polar surface area (TPSA) is 56.2 Å². The van der Waals surface area contributed by atoms with Gasteiger partial charge in [0.25, 0.3) is 0 Å². The predicted octanol–water partition coefficient (Wildman–Crippen LogP) is 5.87. The van der Waals surface area contributed by atoms with Crippen LogP contribution in [0.1, 0.15) is 44.0 Å². The fourth-order valence-electron chi connectivity index (χ4n) is 3.69. The van der Waals surface area contributed by atoms with Gasteiger partial charge in [0, 0.05) is 24.5 Å². The lowest BCUT2D eigenvalue weighted by Crippen LogP contribution is -2.21. The highest BCUT2D eigenvalue weighted by Crippen LogP contribution is 2.22.